The molecule has 6 nitrogen and oxygen atoms in total. The predicted molar refractivity (Wildman–Crippen MR) is 118 cm³/mol. The number of nitrogens with one attached hydrogen (secondary N) is 1. The Bertz CT molecular complexity index is 1220. The zero-order valence-corrected chi connectivity index (χ0v) is 17.4. The summed E-state index contributed by atoms with van der Waals surface area (Å²) in [6, 6.07) is 14.7. The number of carbonyl (C=O) groups is 1. The summed E-state index contributed by atoms with van der Waals surface area (Å²) in [7, 11) is 1.75. The van der Waals surface area contributed by atoms with Crippen molar-refractivity contribution in [2.75, 3.05) is 13.7 Å². The van der Waals surface area contributed by atoms with E-state index in [0.717, 1.165) is 22.0 Å². The van der Waals surface area contributed by atoms with E-state index in [0.29, 0.717) is 35.7 Å². The van der Waals surface area contributed by atoms with Crippen LogP contribution in [0.25, 0.3) is 22.2 Å². The van der Waals surface area contributed by atoms with Crippen LogP contribution in [0.5, 0.6) is 5.75 Å². The SMILES string of the molecule is CCOc1cc(C(=O)N(C)Cc2cccc3cn[nH]c23)cnc1-c1cccc(CF)c1. The number of H-pyrrole nitrogens is 1. The summed E-state index contributed by atoms with van der Waals surface area (Å²) in [6.45, 7) is 2.16. The monoisotopic (exact) mass is 418 g/mol. The summed E-state index contributed by atoms with van der Waals surface area (Å²) < 4.78 is 18.8. The van der Waals surface area contributed by atoms with Gasteiger partial charge in [0, 0.05) is 30.7 Å². The van der Waals surface area contributed by atoms with Crippen molar-refractivity contribution in [3.8, 4) is 17.0 Å². The molecular weight excluding hydrogens is 395 g/mol. The quantitative estimate of drug-likeness (QED) is 0.470. The first-order valence-electron chi connectivity index (χ1n) is 10.0. The predicted octanol–water partition coefficient (Wildman–Crippen LogP) is 4.77. The Morgan fingerprint density at radius 1 is 1.16 bits per heavy atom. The van der Waals surface area contributed by atoms with Gasteiger partial charge in [-0.3, -0.25) is 14.9 Å². The van der Waals surface area contributed by atoms with E-state index in [9.17, 15) is 9.18 Å². The minimum Gasteiger partial charge on any atom is -0.492 e. The molecule has 2 aromatic carbocycles. The van der Waals surface area contributed by atoms with Gasteiger partial charge >= 0.3 is 0 Å². The van der Waals surface area contributed by atoms with Crippen LogP contribution in [0.4, 0.5) is 4.39 Å². The van der Waals surface area contributed by atoms with Crippen molar-refractivity contribution >= 4 is 16.8 Å². The molecule has 31 heavy (non-hydrogen) atoms. The Labute approximate surface area is 179 Å². The second kappa shape index (κ2) is 8.95. The summed E-state index contributed by atoms with van der Waals surface area (Å²) >= 11 is 0. The zero-order valence-electron chi connectivity index (χ0n) is 17.4. The van der Waals surface area contributed by atoms with Gasteiger partial charge in [0.1, 0.15) is 18.1 Å². The van der Waals surface area contributed by atoms with Crippen molar-refractivity contribution in [1.82, 2.24) is 20.1 Å². The molecule has 7 heteroatoms. The first-order valence-corrected chi connectivity index (χ1v) is 10.0. The van der Waals surface area contributed by atoms with Crippen molar-refractivity contribution in [2.45, 2.75) is 20.1 Å². The molecule has 0 aliphatic carbocycles. The Morgan fingerprint density at radius 3 is 2.81 bits per heavy atom. The Balaban J connectivity index is 1.61. The Kier molecular flexibility index (Phi) is 5.93. The molecule has 0 saturated carbocycles. The molecule has 1 amide bonds. The van der Waals surface area contributed by atoms with Gasteiger partial charge in [-0.25, -0.2) is 4.39 Å². The van der Waals surface area contributed by atoms with Gasteiger partial charge in [-0.2, -0.15) is 5.10 Å². The number of hydrogen-bond acceptors (Lipinski definition) is 4. The fourth-order valence-corrected chi connectivity index (χ4v) is 3.56. The number of carbonyl (C=O) groups excluding carboxylic acids is 1. The molecule has 0 bridgehead atoms. The van der Waals surface area contributed by atoms with Crippen LogP contribution in [-0.2, 0) is 13.2 Å². The van der Waals surface area contributed by atoms with Crippen LogP contribution < -0.4 is 4.74 Å². The van der Waals surface area contributed by atoms with E-state index < -0.39 is 6.67 Å². The van der Waals surface area contributed by atoms with Crippen LogP contribution in [0.15, 0.2) is 60.9 Å². The minimum atomic E-state index is -0.553. The fourth-order valence-electron chi connectivity index (χ4n) is 3.56. The van der Waals surface area contributed by atoms with Gasteiger partial charge in [-0.05, 0) is 30.2 Å². The molecule has 1 N–H and O–H groups in total. The first kappa shape index (κ1) is 20.5. The van der Waals surface area contributed by atoms with Gasteiger partial charge in [0.15, 0.2) is 0 Å². The fraction of sp³-hybridized carbons (Fsp3) is 0.208. The maximum Gasteiger partial charge on any atom is 0.255 e. The largest absolute Gasteiger partial charge is 0.492 e. The van der Waals surface area contributed by atoms with Crippen molar-refractivity contribution in [1.29, 1.82) is 0 Å². The standard InChI is InChI=1S/C24H23FN4O2/c1-3-31-21-11-20(13-26-23(21)17-7-4-6-16(10-17)12-25)24(30)29(2)15-19-9-5-8-18-14-27-28-22(18)19/h4-11,13-14H,3,12,15H2,1-2H3,(H,27,28). The highest BCUT2D eigenvalue weighted by Crippen LogP contribution is 2.30. The smallest absolute Gasteiger partial charge is 0.255 e. The van der Waals surface area contributed by atoms with E-state index in [1.54, 1.807) is 42.4 Å². The van der Waals surface area contributed by atoms with Crippen LogP contribution in [0, 0.1) is 0 Å². The number of benzene rings is 2. The Hall–Kier alpha value is -3.74. The maximum atomic E-state index is 13.1. The van der Waals surface area contributed by atoms with Gasteiger partial charge < -0.3 is 9.64 Å². The van der Waals surface area contributed by atoms with Gasteiger partial charge in [-0.15, -0.1) is 0 Å². The average Bonchev–Trinajstić information content (AvgIpc) is 3.29. The summed E-state index contributed by atoms with van der Waals surface area (Å²) in [5, 5.41) is 8.06. The normalized spacial score (nSPS) is 10.9. The third-order valence-electron chi connectivity index (χ3n) is 5.07. The molecule has 2 heterocycles. The van der Waals surface area contributed by atoms with E-state index in [-0.39, 0.29) is 5.91 Å². The number of halogens is 1. The van der Waals surface area contributed by atoms with Gasteiger partial charge in [-0.1, -0.05) is 36.4 Å². The molecule has 4 rings (SSSR count). The number of hydrogen-bond donors (Lipinski definition) is 1. The molecule has 0 aliphatic rings. The lowest BCUT2D eigenvalue weighted by Gasteiger charge is -2.19. The first-order chi connectivity index (χ1) is 15.1. The molecule has 0 saturated heterocycles. The molecule has 158 valence electrons. The van der Waals surface area contributed by atoms with E-state index in [4.69, 9.17) is 4.74 Å². The summed E-state index contributed by atoms with van der Waals surface area (Å²) in [4.78, 5) is 19.2. The molecule has 0 spiro atoms. The van der Waals surface area contributed by atoms with Gasteiger partial charge in [0.25, 0.3) is 5.91 Å². The summed E-state index contributed by atoms with van der Waals surface area (Å²) in [6.07, 6.45) is 3.30. The van der Waals surface area contributed by atoms with E-state index in [2.05, 4.69) is 15.2 Å². The summed E-state index contributed by atoms with van der Waals surface area (Å²) in [5.74, 6) is 0.322. The number of pyridine rings is 1. The Morgan fingerprint density at radius 2 is 2.00 bits per heavy atom. The van der Waals surface area contributed by atoms with Crippen molar-refractivity contribution in [2.24, 2.45) is 0 Å². The number of rotatable bonds is 7. The second-order valence-electron chi connectivity index (χ2n) is 7.25. The van der Waals surface area contributed by atoms with Crippen LogP contribution in [0.1, 0.15) is 28.4 Å². The van der Waals surface area contributed by atoms with E-state index in [1.807, 2.05) is 31.2 Å². The molecule has 4 aromatic rings. The molecule has 0 unspecified atom stereocenters. The number of aromatic amines is 1. The molecule has 0 atom stereocenters. The lowest BCUT2D eigenvalue weighted by molar-refractivity contribution is 0.0784. The topological polar surface area (TPSA) is 71.1 Å². The highest BCUT2D eigenvalue weighted by atomic mass is 19.1. The second-order valence-corrected chi connectivity index (χ2v) is 7.25. The molecule has 0 aliphatic heterocycles. The van der Waals surface area contributed by atoms with Crippen molar-refractivity contribution in [3.63, 3.8) is 0 Å². The highest BCUT2D eigenvalue weighted by molar-refractivity contribution is 5.95. The number of alkyl halides is 1. The molecule has 2 aromatic heterocycles. The third kappa shape index (κ3) is 4.26. The van der Waals surface area contributed by atoms with Crippen molar-refractivity contribution < 1.29 is 13.9 Å². The third-order valence-corrected chi connectivity index (χ3v) is 5.07. The average molecular weight is 418 g/mol. The number of fused-ring (bicyclic) bond motifs is 1. The highest BCUT2D eigenvalue weighted by Gasteiger charge is 2.18. The number of para-hydroxylation sites is 1. The molecular formula is C24H23FN4O2. The van der Waals surface area contributed by atoms with Gasteiger partial charge in [0.2, 0.25) is 0 Å². The number of amides is 1. The van der Waals surface area contributed by atoms with Crippen LogP contribution in [0.2, 0.25) is 0 Å². The molecule has 0 fully saturated rings. The number of aromatic nitrogens is 3. The lowest BCUT2D eigenvalue weighted by atomic mass is 10.1. The van der Waals surface area contributed by atoms with Crippen LogP contribution in [0.3, 0.4) is 0 Å². The minimum absolute atomic E-state index is 0.172. The molecule has 0 radical (unpaired) electrons. The van der Waals surface area contributed by atoms with Crippen molar-refractivity contribution in [3.05, 3.63) is 77.6 Å². The van der Waals surface area contributed by atoms with E-state index in [1.165, 1.54) is 6.20 Å². The maximum absolute atomic E-state index is 13.1. The summed E-state index contributed by atoms with van der Waals surface area (Å²) in [5.41, 5.74) is 4.21. The zero-order chi connectivity index (χ0) is 21.8. The lowest BCUT2D eigenvalue weighted by Crippen LogP contribution is -2.26. The van der Waals surface area contributed by atoms with Gasteiger partial charge in [0.05, 0.1) is 23.9 Å². The number of nitrogens with zero attached hydrogens (tertiary/aromatic N) is 3. The van der Waals surface area contributed by atoms with E-state index >= 15 is 0 Å². The number of ether oxygens (including phenoxy) is 1. The van der Waals surface area contributed by atoms with Crippen LogP contribution >= 0.6 is 0 Å². The van der Waals surface area contributed by atoms with Crippen LogP contribution in [-0.4, -0.2) is 39.6 Å².